The Labute approximate surface area is 256 Å². The lowest BCUT2D eigenvalue weighted by Crippen LogP contribution is -2.29. The number of benzene rings is 2. The van der Waals surface area contributed by atoms with E-state index in [1.807, 2.05) is 91.3 Å². The minimum absolute atomic E-state index is 0.0750. The van der Waals surface area contributed by atoms with Crippen molar-refractivity contribution >= 4 is 34.6 Å². The summed E-state index contributed by atoms with van der Waals surface area (Å²) in [6, 6.07) is 28.9. The highest BCUT2D eigenvalue weighted by Crippen LogP contribution is 2.43. The number of aryl methyl sites for hydroxylation is 1. The van der Waals surface area contributed by atoms with E-state index in [1.165, 1.54) is 5.56 Å². The highest BCUT2D eigenvalue weighted by Gasteiger charge is 2.42. The summed E-state index contributed by atoms with van der Waals surface area (Å²) in [5.41, 5.74) is 7.13. The Morgan fingerprint density at radius 3 is 2.49 bits per heavy atom. The highest BCUT2D eigenvalue weighted by atomic mass is 32.1. The van der Waals surface area contributed by atoms with Crippen molar-refractivity contribution in [2.75, 3.05) is 16.8 Å². The minimum atomic E-state index is -0.232. The molecule has 3 aromatic heterocycles. The summed E-state index contributed by atoms with van der Waals surface area (Å²) in [4.78, 5) is 23.7. The molecule has 1 saturated heterocycles. The van der Waals surface area contributed by atoms with Gasteiger partial charge < -0.3 is 24.8 Å². The largest absolute Gasteiger partial charge is 0.484 e. The number of nitrogens with one attached hydrogen (secondary N) is 2. The summed E-state index contributed by atoms with van der Waals surface area (Å²) in [6.07, 6.45) is 5.51. The van der Waals surface area contributed by atoms with Gasteiger partial charge in [-0.2, -0.15) is 0 Å². The summed E-state index contributed by atoms with van der Waals surface area (Å²) >= 11 is 5.93. The first-order chi connectivity index (χ1) is 21.0. The molecule has 8 nitrogen and oxygen atoms in total. The maximum absolute atomic E-state index is 12.5. The third-order valence-corrected chi connectivity index (χ3v) is 7.95. The molecule has 0 radical (unpaired) electrons. The summed E-state index contributed by atoms with van der Waals surface area (Å²) in [5.74, 6) is 0.417. The Bertz CT molecular complexity index is 1710. The van der Waals surface area contributed by atoms with Crippen LogP contribution in [0, 0.1) is 13.8 Å². The molecule has 2 aromatic carbocycles. The molecule has 2 N–H and O–H groups in total. The third-order valence-electron chi connectivity index (χ3n) is 7.64. The first kappa shape index (κ1) is 28.1. The number of para-hydroxylation sites is 1. The van der Waals surface area contributed by atoms with Gasteiger partial charge in [-0.15, -0.1) is 0 Å². The predicted octanol–water partition coefficient (Wildman–Crippen LogP) is 6.14. The number of ether oxygens (including phenoxy) is 1. The van der Waals surface area contributed by atoms with Crippen LogP contribution in [0.3, 0.4) is 0 Å². The number of carbonyl (C=O) groups is 1. The molecule has 1 aliphatic rings. The zero-order valence-corrected chi connectivity index (χ0v) is 24.8. The maximum atomic E-state index is 12.5. The average molecular weight is 589 g/mol. The molecule has 6 rings (SSSR count). The van der Waals surface area contributed by atoms with Crippen LogP contribution in [0.5, 0.6) is 5.75 Å². The van der Waals surface area contributed by atoms with E-state index in [2.05, 4.69) is 56.0 Å². The molecule has 4 heterocycles. The van der Waals surface area contributed by atoms with Crippen molar-refractivity contribution in [2.45, 2.75) is 32.5 Å². The highest BCUT2D eigenvalue weighted by molar-refractivity contribution is 7.80. The standard InChI is InChI=1S/C34H32N6O2S/c1-23-19-29(24(2)39(23)21-25-9-8-17-35-20-25)33-32(30-12-6-7-18-36-30)38-34(43)40(33)27-15-13-26(14-16-27)37-31(41)22-42-28-10-4-3-5-11-28/h3-20,32-33H,21-22H2,1-2H3,(H,37,41)(H,38,43)/t32-,33-/m0/s1. The Hall–Kier alpha value is -5.02. The SMILES string of the molecule is Cc1cc([C@H]2[C@H](c3ccccn3)NC(=S)N2c2ccc(NC(=O)COc3ccccc3)cc2)c(C)n1Cc1cccnc1. The number of nitrogens with zero attached hydrogens (tertiary/aromatic N) is 4. The van der Waals surface area contributed by atoms with E-state index in [-0.39, 0.29) is 24.6 Å². The lowest BCUT2D eigenvalue weighted by Gasteiger charge is -2.28. The predicted molar refractivity (Wildman–Crippen MR) is 172 cm³/mol. The first-order valence-electron chi connectivity index (χ1n) is 14.1. The van der Waals surface area contributed by atoms with Crippen molar-refractivity contribution < 1.29 is 9.53 Å². The van der Waals surface area contributed by atoms with Gasteiger partial charge in [-0.3, -0.25) is 14.8 Å². The molecule has 0 spiro atoms. The fourth-order valence-electron chi connectivity index (χ4n) is 5.56. The maximum Gasteiger partial charge on any atom is 0.262 e. The van der Waals surface area contributed by atoms with Crippen LogP contribution >= 0.6 is 12.2 Å². The number of aromatic nitrogens is 3. The summed E-state index contributed by atoms with van der Waals surface area (Å²) in [5, 5.41) is 7.07. The van der Waals surface area contributed by atoms with Crippen molar-refractivity contribution in [3.8, 4) is 5.75 Å². The number of pyridine rings is 2. The number of amides is 1. The van der Waals surface area contributed by atoms with Gasteiger partial charge in [0.25, 0.3) is 5.91 Å². The van der Waals surface area contributed by atoms with E-state index in [0.717, 1.165) is 34.9 Å². The molecule has 0 bridgehead atoms. The van der Waals surface area contributed by atoms with Crippen LogP contribution in [0.2, 0.25) is 0 Å². The van der Waals surface area contributed by atoms with Crippen molar-refractivity contribution in [1.29, 1.82) is 0 Å². The van der Waals surface area contributed by atoms with Crippen molar-refractivity contribution in [1.82, 2.24) is 19.9 Å². The summed E-state index contributed by atoms with van der Waals surface area (Å²) in [6.45, 7) is 4.94. The molecule has 0 saturated carbocycles. The molecule has 5 aromatic rings. The van der Waals surface area contributed by atoms with Crippen molar-refractivity contribution in [3.63, 3.8) is 0 Å². The van der Waals surface area contributed by atoms with E-state index >= 15 is 0 Å². The number of thiocarbonyl (C=S) groups is 1. The number of hydrogen-bond donors (Lipinski definition) is 2. The monoisotopic (exact) mass is 588 g/mol. The minimum Gasteiger partial charge on any atom is -0.484 e. The van der Waals surface area contributed by atoms with E-state index in [0.29, 0.717) is 16.5 Å². The molecule has 1 fully saturated rings. The first-order valence-corrected chi connectivity index (χ1v) is 14.5. The van der Waals surface area contributed by atoms with Crippen molar-refractivity contribution in [3.05, 3.63) is 138 Å². The quantitative estimate of drug-likeness (QED) is 0.200. The van der Waals surface area contributed by atoms with Gasteiger partial charge in [0.05, 0.1) is 17.8 Å². The molecule has 43 heavy (non-hydrogen) atoms. The fraction of sp³-hybridized carbons (Fsp3) is 0.176. The Balaban J connectivity index is 1.28. The summed E-state index contributed by atoms with van der Waals surface area (Å²) < 4.78 is 7.90. The van der Waals surface area contributed by atoms with Crippen molar-refractivity contribution in [2.24, 2.45) is 0 Å². The van der Waals surface area contributed by atoms with Gasteiger partial charge in [0.15, 0.2) is 11.7 Å². The molecule has 2 atom stereocenters. The molecule has 216 valence electrons. The zero-order valence-electron chi connectivity index (χ0n) is 24.0. The molecule has 0 aliphatic carbocycles. The second kappa shape index (κ2) is 12.5. The van der Waals surface area contributed by atoms with Crippen LogP contribution in [-0.2, 0) is 11.3 Å². The summed E-state index contributed by atoms with van der Waals surface area (Å²) in [7, 11) is 0. The van der Waals surface area contributed by atoms with Gasteiger partial charge in [-0.05, 0) is 97.9 Å². The van der Waals surface area contributed by atoms with Crippen LogP contribution in [-0.4, -0.2) is 32.2 Å². The van der Waals surface area contributed by atoms with E-state index in [9.17, 15) is 4.79 Å². The van der Waals surface area contributed by atoms with Gasteiger partial charge in [0.2, 0.25) is 0 Å². The number of hydrogen-bond acceptors (Lipinski definition) is 5. The Morgan fingerprint density at radius 2 is 1.77 bits per heavy atom. The van der Waals surface area contributed by atoms with Crippen LogP contribution in [0.25, 0.3) is 0 Å². The number of carbonyl (C=O) groups excluding carboxylic acids is 1. The molecular formula is C34H32N6O2S. The van der Waals surface area contributed by atoms with Gasteiger partial charge in [-0.25, -0.2) is 0 Å². The smallest absolute Gasteiger partial charge is 0.262 e. The number of anilines is 2. The van der Waals surface area contributed by atoms with Crippen LogP contribution in [0.4, 0.5) is 11.4 Å². The van der Waals surface area contributed by atoms with E-state index < -0.39 is 0 Å². The average Bonchev–Trinajstić information content (AvgIpc) is 3.52. The van der Waals surface area contributed by atoms with Gasteiger partial charge in [0, 0.05) is 47.9 Å². The fourth-order valence-corrected chi connectivity index (χ4v) is 5.91. The Morgan fingerprint density at radius 1 is 0.977 bits per heavy atom. The van der Waals surface area contributed by atoms with Crippen LogP contribution in [0.1, 0.15) is 40.3 Å². The lowest BCUT2D eigenvalue weighted by atomic mass is 9.96. The number of rotatable bonds is 9. The van der Waals surface area contributed by atoms with Gasteiger partial charge >= 0.3 is 0 Å². The zero-order chi connectivity index (χ0) is 29.8. The van der Waals surface area contributed by atoms with Crippen LogP contribution in [0.15, 0.2) is 110 Å². The molecule has 9 heteroatoms. The van der Waals surface area contributed by atoms with Crippen LogP contribution < -0.4 is 20.3 Å². The molecule has 1 aliphatic heterocycles. The molecule has 0 unspecified atom stereocenters. The van der Waals surface area contributed by atoms with E-state index in [4.69, 9.17) is 17.0 Å². The normalized spacial score (nSPS) is 16.1. The topological polar surface area (TPSA) is 84.3 Å². The molecular weight excluding hydrogens is 556 g/mol. The Kier molecular flexibility index (Phi) is 8.15. The second-order valence-corrected chi connectivity index (χ2v) is 10.9. The van der Waals surface area contributed by atoms with E-state index in [1.54, 1.807) is 6.20 Å². The third kappa shape index (κ3) is 6.12. The second-order valence-electron chi connectivity index (χ2n) is 10.5. The molecule has 1 amide bonds. The van der Waals surface area contributed by atoms with Gasteiger partial charge in [0.1, 0.15) is 5.75 Å². The van der Waals surface area contributed by atoms with Gasteiger partial charge in [-0.1, -0.05) is 30.3 Å². The lowest BCUT2D eigenvalue weighted by molar-refractivity contribution is -0.118.